The molecule has 1 aliphatic carbocycles. The summed E-state index contributed by atoms with van der Waals surface area (Å²) in [5.41, 5.74) is 3.02. The second-order valence-corrected chi connectivity index (χ2v) is 3.57. The topological polar surface area (TPSA) is 0 Å². The van der Waals surface area contributed by atoms with E-state index in [1.807, 2.05) is 0 Å². The molecule has 0 heteroatoms. The molecular weight excluding hydrogens is 144 g/mol. The van der Waals surface area contributed by atoms with Gasteiger partial charge in [-0.2, -0.15) is 0 Å². The van der Waals surface area contributed by atoms with Gasteiger partial charge in [0, 0.05) is 0 Å². The lowest BCUT2D eigenvalue weighted by atomic mass is 10.1. The van der Waals surface area contributed by atoms with Crippen LogP contribution < -0.4 is 0 Å². The van der Waals surface area contributed by atoms with Gasteiger partial charge in [-0.3, -0.25) is 0 Å². The van der Waals surface area contributed by atoms with Crippen LogP contribution in [0.2, 0.25) is 0 Å². The van der Waals surface area contributed by atoms with Gasteiger partial charge in [-0.1, -0.05) is 35.5 Å². The van der Waals surface area contributed by atoms with E-state index in [9.17, 15) is 0 Å². The highest BCUT2D eigenvalue weighted by Crippen LogP contribution is 2.12. The van der Waals surface area contributed by atoms with Crippen LogP contribution in [0.3, 0.4) is 0 Å². The maximum Gasteiger partial charge on any atom is -0.0285 e. The Hall–Kier alpha value is -0.780. The fraction of sp³-hybridized carbons (Fsp3) is 0.500. The fourth-order valence-corrected chi connectivity index (χ4v) is 1.37. The lowest BCUT2D eigenvalue weighted by Gasteiger charge is -2.01. The molecule has 0 N–H and O–H groups in total. The summed E-state index contributed by atoms with van der Waals surface area (Å²) < 4.78 is 0. The average Bonchev–Trinajstić information content (AvgIpc) is 2.04. The van der Waals surface area contributed by atoms with Crippen molar-refractivity contribution in [2.45, 2.75) is 39.5 Å². The molecule has 0 saturated heterocycles. The van der Waals surface area contributed by atoms with E-state index < -0.39 is 0 Å². The average molecular weight is 162 g/mol. The molecule has 0 atom stereocenters. The molecule has 0 saturated carbocycles. The van der Waals surface area contributed by atoms with Gasteiger partial charge < -0.3 is 0 Å². The summed E-state index contributed by atoms with van der Waals surface area (Å²) in [4.78, 5) is 0. The monoisotopic (exact) mass is 162 g/mol. The van der Waals surface area contributed by atoms with Gasteiger partial charge in [0.15, 0.2) is 0 Å². The minimum atomic E-state index is 1.19. The maximum absolute atomic E-state index is 2.37. The van der Waals surface area contributed by atoms with Gasteiger partial charge in [0.05, 0.1) is 0 Å². The van der Waals surface area contributed by atoms with E-state index in [0.717, 1.165) is 0 Å². The zero-order chi connectivity index (χ0) is 8.81. The molecule has 0 bridgehead atoms. The van der Waals surface area contributed by atoms with Gasteiger partial charge >= 0.3 is 0 Å². The van der Waals surface area contributed by atoms with E-state index in [-0.39, 0.29) is 0 Å². The number of allylic oxidation sites excluding steroid dienone is 6. The second kappa shape index (κ2) is 4.97. The molecule has 0 nitrogen and oxygen atoms in total. The van der Waals surface area contributed by atoms with Crippen LogP contribution in [-0.4, -0.2) is 0 Å². The lowest BCUT2D eigenvalue weighted by molar-refractivity contribution is 0.916. The Morgan fingerprint density at radius 2 is 1.75 bits per heavy atom. The molecule has 0 aromatic carbocycles. The van der Waals surface area contributed by atoms with Crippen LogP contribution in [0.5, 0.6) is 0 Å². The molecule has 0 amide bonds. The van der Waals surface area contributed by atoms with Crippen molar-refractivity contribution in [3.05, 3.63) is 35.5 Å². The van der Waals surface area contributed by atoms with E-state index in [4.69, 9.17) is 0 Å². The van der Waals surface area contributed by atoms with Gasteiger partial charge in [0.25, 0.3) is 0 Å². The summed E-state index contributed by atoms with van der Waals surface area (Å²) in [6, 6.07) is 0. The van der Waals surface area contributed by atoms with E-state index in [1.54, 1.807) is 0 Å². The molecule has 66 valence electrons. The zero-order valence-corrected chi connectivity index (χ0v) is 8.14. The van der Waals surface area contributed by atoms with Crippen LogP contribution in [0.1, 0.15) is 39.5 Å². The van der Waals surface area contributed by atoms with E-state index in [2.05, 4.69) is 38.2 Å². The Kier molecular flexibility index (Phi) is 3.86. The number of hydrogen-bond acceptors (Lipinski definition) is 0. The highest BCUT2D eigenvalue weighted by atomic mass is 14.0. The second-order valence-electron chi connectivity index (χ2n) is 3.57. The lowest BCUT2D eigenvalue weighted by Crippen LogP contribution is -1.81. The first-order valence-corrected chi connectivity index (χ1v) is 4.77. The van der Waals surface area contributed by atoms with Crippen LogP contribution in [-0.2, 0) is 0 Å². The summed E-state index contributed by atoms with van der Waals surface area (Å²) in [5, 5.41) is 0. The molecular formula is C12H18. The third-order valence-corrected chi connectivity index (χ3v) is 2.25. The smallest absolute Gasteiger partial charge is 0.0285 e. The molecule has 0 heterocycles. The van der Waals surface area contributed by atoms with Crippen molar-refractivity contribution in [2.24, 2.45) is 0 Å². The van der Waals surface area contributed by atoms with Crippen molar-refractivity contribution < 1.29 is 0 Å². The molecule has 0 aliphatic heterocycles. The van der Waals surface area contributed by atoms with E-state index in [0.29, 0.717) is 0 Å². The van der Waals surface area contributed by atoms with E-state index >= 15 is 0 Å². The van der Waals surface area contributed by atoms with Gasteiger partial charge in [0.2, 0.25) is 0 Å². The first-order valence-electron chi connectivity index (χ1n) is 4.77. The maximum atomic E-state index is 2.37. The third-order valence-electron chi connectivity index (χ3n) is 2.25. The molecule has 1 rings (SSSR count). The van der Waals surface area contributed by atoms with Gasteiger partial charge in [-0.25, -0.2) is 0 Å². The molecule has 0 spiro atoms. The van der Waals surface area contributed by atoms with Crippen molar-refractivity contribution in [2.75, 3.05) is 0 Å². The Morgan fingerprint density at radius 1 is 1.00 bits per heavy atom. The van der Waals surface area contributed by atoms with Crippen LogP contribution in [0.25, 0.3) is 0 Å². The summed E-state index contributed by atoms with van der Waals surface area (Å²) in [5.74, 6) is 0. The minimum absolute atomic E-state index is 1.19. The summed E-state index contributed by atoms with van der Waals surface area (Å²) in [6.07, 6.45) is 13.9. The minimum Gasteiger partial charge on any atom is -0.0853 e. The largest absolute Gasteiger partial charge is 0.0853 e. The Balaban J connectivity index is 2.59. The quantitative estimate of drug-likeness (QED) is 0.472. The highest BCUT2D eigenvalue weighted by molar-refractivity contribution is 5.13. The molecule has 0 aromatic heterocycles. The van der Waals surface area contributed by atoms with Gasteiger partial charge in [0.1, 0.15) is 0 Å². The zero-order valence-electron chi connectivity index (χ0n) is 8.14. The van der Waals surface area contributed by atoms with Crippen molar-refractivity contribution >= 4 is 0 Å². The predicted molar refractivity (Wildman–Crippen MR) is 55.1 cm³/mol. The van der Waals surface area contributed by atoms with Gasteiger partial charge in [-0.15, -0.1) is 0 Å². The highest BCUT2D eigenvalue weighted by Gasteiger charge is 1.92. The third kappa shape index (κ3) is 3.56. The Bertz CT molecular complexity index is 216. The van der Waals surface area contributed by atoms with Gasteiger partial charge in [-0.05, 0) is 39.5 Å². The molecule has 1 aliphatic rings. The standard InChI is InChI=1S/C12H18/c1-11-7-4-3-5-8-12(2)10-6-9-11/h3-4,7,10H,5-6,8-9H2,1-2H3/b4-3+,11-7-,12-10+. The first-order chi connectivity index (χ1) is 5.79. The summed E-state index contributed by atoms with van der Waals surface area (Å²) in [7, 11) is 0. The Labute approximate surface area is 75.7 Å². The molecule has 0 radical (unpaired) electrons. The molecule has 12 heavy (non-hydrogen) atoms. The molecule has 0 aromatic rings. The van der Waals surface area contributed by atoms with Crippen molar-refractivity contribution in [1.82, 2.24) is 0 Å². The summed E-state index contributed by atoms with van der Waals surface area (Å²) in [6.45, 7) is 4.43. The van der Waals surface area contributed by atoms with Crippen LogP contribution >= 0.6 is 0 Å². The molecule has 0 fully saturated rings. The number of rotatable bonds is 0. The number of hydrogen-bond donors (Lipinski definition) is 0. The first kappa shape index (κ1) is 9.31. The van der Waals surface area contributed by atoms with Crippen LogP contribution in [0, 0.1) is 0 Å². The van der Waals surface area contributed by atoms with Crippen molar-refractivity contribution in [1.29, 1.82) is 0 Å². The molecule has 0 unspecified atom stereocenters. The van der Waals surface area contributed by atoms with Crippen LogP contribution in [0.4, 0.5) is 0 Å². The summed E-state index contributed by atoms with van der Waals surface area (Å²) >= 11 is 0. The van der Waals surface area contributed by atoms with E-state index in [1.165, 1.54) is 36.8 Å². The van der Waals surface area contributed by atoms with Crippen LogP contribution in [0.15, 0.2) is 35.5 Å². The normalized spacial score (nSPS) is 31.2. The van der Waals surface area contributed by atoms with Crippen molar-refractivity contribution in [3.8, 4) is 0 Å². The van der Waals surface area contributed by atoms with Crippen molar-refractivity contribution in [3.63, 3.8) is 0 Å². The Morgan fingerprint density at radius 3 is 2.58 bits per heavy atom. The predicted octanol–water partition coefficient (Wildman–Crippen LogP) is 4.01. The SMILES string of the molecule is C/C1=C/C=C/CC/C(C)=C/CC1. The fourth-order valence-electron chi connectivity index (χ4n) is 1.37.